The molecule has 0 amide bonds. The Labute approximate surface area is 69.0 Å². The lowest BCUT2D eigenvalue weighted by molar-refractivity contribution is 0.0660. The zero-order valence-corrected chi connectivity index (χ0v) is 6.36. The van der Waals surface area contributed by atoms with Crippen LogP contribution >= 0.6 is 0 Å². The van der Waals surface area contributed by atoms with Crippen LogP contribution in [0.3, 0.4) is 0 Å². The van der Waals surface area contributed by atoms with Crippen molar-refractivity contribution in [2.75, 3.05) is 6.54 Å². The molecule has 1 atom stereocenters. The lowest BCUT2D eigenvalue weighted by atomic mass is 10.2. The Bertz CT molecular complexity index is 282. The number of aromatic carboxylic acids is 1. The zero-order chi connectivity index (χ0) is 9.14. The Balaban J connectivity index is 2.84. The van der Waals surface area contributed by atoms with Gasteiger partial charge in [-0.05, 0) is 12.1 Å². The molecule has 66 valence electrons. The highest BCUT2D eigenvalue weighted by Crippen LogP contribution is 2.13. The summed E-state index contributed by atoms with van der Waals surface area (Å²) in [4.78, 5) is 10.4. The highest BCUT2D eigenvalue weighted by molar-refractivity contribution is 5.84. The highest BCUT2D eigenvalue weighted by atomic mass is 16.4. The van der Waals surface area contributed by atoms with Gasteiger partial charge in [-0.15, -0.1) is 0 Å². The molecule has 0 fully saturated rings. The van der Waals surface area contributed by atoms with Crippen LogP contribution < -0.4 is 11.5 Å². The number of furan rings is 1. The molecule has 1 aromatic heterocycles. The van der Waals surface area contributed by atoms with E-state index in [1.54, 1.807) is 0 Å². The molecule has 0 aliphatic carbocycles. The van der Waals surface area contributed by atoms with Crippen LogP contribution in [0.15, 0.2) is 16.5 Å². The van der Waals surface area contributed by atoms with Crippen LogP contribution in [0.2, 0.25) is 0 Å². The van der Waals surface area contributed by atoms with Gasteiger partial charge in [0.15, 0.2) is 0 Å². The number of carbonyl (C=O) groups is 1. The van der Waals surface area contributed by atoms with E-state index in [1.165, 1.54) is 12.1 Å². The summed E-state index contributed by atoms with van der Waals surface area (Å²) in [5, 5.41) is 8.49. The van der Waals surface area contributed by atoms with E-state index in [4.69, 9.17) is 21.0 Å². The van der Waals surface area contributed by atoms with E-state index in [0.717, 1.165) is 0 Å². The average Bonchev–Trinajstić information content (AvgIpc) is 2.51. The van der Waals surface area contributed by atoms with Gasteiger partial charge in [0.05, 0.1) is 6.04 Å². The summed E-state index contributed by atoms with van der Waals surface area (Å²) in [5.74, 6) is -0.825. The molecule has 0 aromatic carbocycles. The normalized spacial score (nSPS) is 12.8. The van der Waals surface area contributed by atoms with Crippen molar-refractivity contribution < 1.29 is 14.3 Å². The van der Waals surface area contributed by atoms with Gasteiger partial charge in [-0.1, -0.05) is 0 Å². The maximum atomic E-state index is 10.4. The molecule has 0 unspecified atom stereocenters. The van der Waals surface area contributed by atoms with Crippen LogP contribution in [0, 0.1) is 0 Å². The largest absolute Gasteiger partial charge is 0.475 e. The van der Waals surface area contributed by atoms with Crippen molar-refractivity contribution >= 4 is 5.97 Å². The summed E-state index contributed by atoms with van der Waals surface area (Å²) in [6.45, 7) is 0.229. The van der Waals surface area contributed by atoms with Crippen LogP contribution in [-0.2, 0) is 0 Å². The lowest BCUT2D eigenvalue weighted by Crippen LogP contribution is -2.20. The van der Waals surface area contributed by atoms with Gasteiger partial charge in [-0.25, -0.2) is 4.79 Å². The Morgan fingerprint density at radius 2 is 2.33 bits per heavy atom. The first-order chi connectivity index (χ1) is 5.65. The van der Waals surface area contributed by atoms with Gasteiger partial charge in [-0.2, -0.15) is 0 Å². The van der Waals surface area contributed by atoms with E-state index in [-0.39, 0.29) is 12.3 Å². The van der Waals surface area contributed by atoms with Crippen LogP contribution in [0.25, 0.3) is 0 Å². The third-order valence-electron chi connectivity index (χ3n) is 1.46. The smallest absolute Gasteiger partial charge is 0.371 e. The van der Waals surface area contributed by atoms with E-state index < -0.39 is 12.0 Å². The standard InChI is InChI=1S/C7H10N2O3/c8-3-4(9)5-1-2-6(12-5)7(10)11/h1-2,4H,3,8-9H2,(H,10,11)/t4-/m1/s1. The molecule has 5 N–H and O–H groups in total. The van der Waals surface area contributed by atoms with Crippen molar-refractivity contribution in [2.45, 2.75) is 6.04 Å². The highest BCUT2D eigenvalue weighted by Gasteiger charge is 2.12. The molecule has 5 heteroatoms. The molecule has 0 aliphatic rings. The van der Waals surface area contributed by atoms with Crippen LogP contribution in [0.1, 0.15) is 22.4 Å². The van der Waals surface area contributed by atoms with Crippen LogP contribution in [0.4, 0.5) is 0 Å². The second-order valence-corrected chi connectivity index (χ2v) is 2.35. The van der Waals surface area contributed by atoms with Gasteiger partial charge >= 0.3 is 5.97 Å². The van der Waals surface area contributed by atoms with Crippen molar-refractivity contribution in [3.8, 4) is 0 Å². The number of nitrogens with two attached hydrogens (primary N) is 2. The molecule has 1 aromatic rings. The Morgan fingerprint density at radius 1 is 1.67 bits per heavy atom. The molecular weight excluding hydrogens is 160 g/mol. The van der Waals surface area contributed by atoms with Gasteiger partial charge in [0.2, 0.25) is 5.76 Å². The Morgan fingerprint density at radius 3 is 2.75 bits per heavy atom. The van der Waals surface area contributed by atoms with E-state index >= 15 is 0 Å². The van der Waals surface area contributed by atoms with Crippen molar-refractivity contribution in [1.29, 1.82) is 0 Å². The molecule has 0 saturated carbocycles. The SMILES string of the molecule is NC[C@@H](N)c1ccc(C(=O)O)o1. The Hall–Kier alpha value is -1.33. The molecule has 0 aliphatic heterocycles. The van der Waals surface area contributed by atoms with Gasteiger partial charge in [-0.3, -0.25) is 0 Å². The zero-order valence-electron chi connectivity index (χ0n) is 6.36. The maximum absolute atomic E-state index is 10.4. The number of hydrogen-bond donors (Lipinski definition) is 3. The molecule has 12 heavy (non-hydrogen) atoms. The monoisotopic (exact) mass is 170 g/mol. The average molecular weight is 170 g/mol. The summed E-state index contributed by atoms with van der Waals surface area (Å²) in [5.41, 5.74) is 10.8. The van der Waals surface area contributed by atoms with Gasteiger partial charge < -0.3 is 21.0 Å². The fraction of sp³-hybridized carbons (Fsp3) is 0.286. The molecule has 0 radical (unpaired) electrons. The maximum Gasteiger partial charge on any atom is 0.371 e. The van der Waals surface area contributed by atoms with E-state index in [2.05, 4.69) is 0 Å². The Kier molecular flexibility index (Phi) is 2.47. The van der Waals surface area contributed by atoms with E-state index in [0.29, 0.717) is 5.76 Å². The van der Waals surface area contributed by atoms with Crippen LogP contribution in [0.5, 0.6) is 0 Å². The predicted molar refractivity (Wildman–Crippen MR) is 41.7 cm³/mol. The summed E-state index contributed by atoms with van der Waals surface area (Å²) in [6.07, 6.45) is 0. The topological polar surface area (TPSA) is 102 Å². The van der Waals surface area contributed by atoms with Crippen LogP contribution in [-0.4, -0.2) is 17.6 Å². The number of hydrogen-bond acceptors (Lipinski definition) is 4. The fourth-order valence-electron chi connectivity index (χ4n) is 0.783. The van der Waals surface area contributed by atoms with Crippen molar-refractivity contribution in [3.63, 3.8) is 0 Å². The minimum absolute atomic E-state index is 0.117. The fourth-order valence-corrected chi connectivity index (χ4v) is 0.783. The predicted octanol–water partition coefficient (Wildman–Crippen LogP) is -0.0637. The van der Waals surface area contributed by atoms with Gasteiger partial charge in [0.25, 0.3) is 0 Å². The van der Waals surface area contributed by atoms with Crippen molar-refractivity contribution in [2.24, 2.45) is 11.5 Å². The second-order valence-electron chi connectivity index (χ2n) is 2.35. The minimum Gasteiger partial charge on any atom is -0.475 e. The van der Waals surface area contributed by atoms with Gasteiger partial charge in [0.1, 0.15) is 5.76 Å². The second kappa shape index (κ2) is 3.38. The number of rotatable bonds is 3. The molecule has 5 nitrogen and oxygen atoms in total. The minimum atomic E-state index is -1.11. The molecular formula is C7H10N2O3. The third-order valence-corrected chi connectivity index (χ3v) is 1.46. The summed E-state index contributed by atoms with van der Waals surface area (Å²) >= 11 is 0. The lowest BCUT2D eigenvalue weighted by Gasteiger charge is -2.02. The van der Waals surface area contributed by atoms with Crippen molar-refractivity contribution in [1.82, 2.24) is 0 Å². The first-order valence-corrected chi connectivity index (χ1v) is 3.44. The first kappa shape index (κ1) is 8.76. The third kappa shape index (κ3) is 1.63. The molecule has 0 bridgehead atoms. The number of carboxylic acid groups (broad SMARTS) is 1. The summed E-state index contributed by atoms with van der Waals surface area (Å²) < 4.78 is 4.89. The van der Waals surface area contributed by atoms with E-state index in [1.807, 2.05) is 0 Å². The molecule has 1 heterocycles. The quantitative estimate of drug-likeness (QED) is 0.589. The summed E-state index contributed by atoms with van der Waals surface area (Å²) in [7, 11) is 0. The molecule has 1 rings (SSSR count). The van der Waals surface area contributed by atoms with Gasteiger partial charge in [0, 0.05) is 6.54 Å². The molecule has 0 saturated heterocycles. The van der Waals surface area contributed by atoms with Crippen molar-refractivity contribution in [3.05, 3.63) is 23.7 Å². The summed E-state index contributed by atoms with van der Waals surface area (Å²) in [6, 6.07) is 2.44. The van der Waals surface area contributed by atoms with E-state index in [9.17, 15) is 4.79 Å². The first-order valence-electron chi connectivity index (χ1n) is 3.44. The number of carboxylic acids is 1. The molecule has 0 spiro atoms.